The second-order valence-electron chi connectivity index (χ2n) is 5.78. The third-order valence-electron chi connectivity index (χ3n) is 3.80. The average Bonchev–Trinajstić information content (AvgIpc) is 2.67. The second-order valence-corrected chi connectivity index (χ2v) is 5.78. The zero-order valence-corrected chi connectivity index (χ0v) is 15.2. The van der Waals surface area contributed by atoms with Crippen molar-refractivity contribution in [1.82, 2.24) is 16.0 Å². The van der Waals surface area contributed by atoms with Gasteiger partial charge in [0.2, 0.25) is 0 Å². The van der Waals surface area contributed by atoms with Crippen LogP contribution in [0.25, 0.3) is 0 Å². The first kappa shape index (κ1) is 19.4. The van der Waals surface area contributed by atoms with Gasteiger partial charge in [0.05, 0.1) is 6.54 Å². The molecule has 2 rings (SSSR count). The van der Waals surface area contributed by atoms with E-state index in [0.717, 1.165) is 24.1 Å². The third-order valence-corrected chi connectivity index (χ3v) is 3.80. The van der Waals surface area contributed by atoms with E-state index in [4.69, 9.17) is 0 Å². The molecule has 26 heavy (non-hydrogen) atoms. The van der Waals surface area contributed by atoms with E-state index in [1.807, 2.05) is 25.1 Å². The molecule has 0 bridgehead atoms. The molecule has 0 saturated carbocycles. The molecular formula is C20H25FN4O. The summed E-state index contributed by atoms with van der Waals surface area (Å²) < 4.78 is 12.9. The van der Waals surface area contributed by atoms with Gasteiger partial charge in [0.25, 0.3) is 5.91 Å². The molecule has 138 valence electrons. The van der Waals surface area contributed by atoms with E-state index in [2.05, 4.69) is 20.9 Å². The van der Waals surface area contributed by atoms with E-state index in [9.17, 15) is 9.18 Å². The number of carbonyl (C=O) groups is 1. The summed E-state index contributed by atoms with van der Waals surface area (Å²) in [5.41, 5.74) is 2.64. The molecule has 0 radical (unpaired) electrons. The summed E-state index contributed by atoms with van der Waals surface area (Å²) in [6, 6.07) is 13.9. The summed E-state index contributed by atoms with van der Waals surface area (Å²) in [7, 11) is 1.61. The minimum atomic E-state index is -0.226. The SMILES string of the molecule is CCNC(=NCc1cccc(C(=O)NC)c1)NCCc1ccc(F)cc1. The van der Waals surface area contributed by atoms with Crippen molar-refractivity contribution in [1.29, 1.82) is 0 Å². The van der Waals surface area contributed by atoms with Gasteiger partial charge in [0.15, 0.2) is 5.96 Å². The monoisotopic (exact) mass is 356 g/mol. The molecule has 0 saturated heterocycles. The van der Waals surface area contributed by atoms with Crippen LogP contribution in [0.5, 0.6) is 0 Å². The number of benzene rings is 2. The largest absolute Gasteiger partial charge is 0.357 e. The van der Waals surface area contributed by atoms with Gasteiger partial charge in [-0.05, 0) is 48.7 Å². The van der Waals surface area contributed by atoms with Gasteiger partial charge in [-0.1, -0.05) is 24.3 Å². The molecule has 0 fully saturated rings. The number of halogens is 1. The van der Waals surface area contributed by atoms with Crippen LogP contribution in [0, 0.1) is 5.82 Å². The summed E-state index contributed by atoms with van der Waals surface area (Å²) >= 11 is 0. The van der Waals surface area contributed by atoms with Crippen LogP contribution in [0.3, 0.4) is 0 Å². The highest BCUT2D eigenvalue weighted by Crippen LogP contribution is 2.07. The lowest BCUT2D eigenvalue weighted by Gasteiger charge is -2.11. The predicted octanol–water partition coefficient (Wildman–Crippen LogP) is 2.48. The summed E-state index contributed by atoms with van der Waals surface area (Å²) in [5.74, 6) is 0.371. The van der Waals surface area contributed by atoms with Crippen LogP contribution >= 0.6 is 0 Å². The molecule has 0 spiro atoms. The van der Waals surface area contributed by atoms with Crippen LogP contribution in [-0.4, -0.2) is 32.0 Å². The van der Waals surface area contributed by atoms with Crippen LogP contribution in [0.15, 0.2) is 53.5 Å². The number of hydrogen-bond acceptors (Lipinski definition) is 2. The lowest BCUT2D eigenvalue weighted by atomic mass is 10.1. The van der Waals surface area contributed by atoms with Crippen LogP contribution in [0.1, 0.15) is 28.4 Å². The zero-order chi connectivity index (χ0) is 18.8. The third kappa shape index (κ3) is 6.20. The van der Waals surface area contributed by atoms with E-state index < -0.39 is 0 Å². The van der Waals surface area contributed by atoms with Gasteiger partial charge in [0.1, 0.15) is 5.82 Å². The van der Waals surface area contributed by atoms with E-state index in [1.165, 1.54) is 12.1 Å². The van der Waals surface area contributed by atoms with Crippen molar-refractivity contribution in [3.05, 3.63) is 71.0 Å². The molecule has 5 nitrogen and oxygen atoms in total. The Balaban J connectivity index is 1.93. The van der Waals surface area contributed by atoms with Gasteiger partial charge >= 0.3 is 0 Å². The summed E-state index contributed by atoms with van der Waals surface area (Å²) in [6.07, 6.45) is 0.775. The predicted molar refractivity (Wildman–Crippen MR) is 103 cm³/mol. The number of hydrogen-bond donors (Lipinski definition) is 3. The van der Waals surface area contributed by atoms with E-state index in [0.29, 0.717) is 24.6 Å². The molecule has 2 aromatic rings. The lowest BCUT2D eigenvalue weighted by Crippen LogP contribution is -2.38. The van der Waals surface area contributed by atoms with Crippen molar-refractivity contribution in [3.8, 4) is 0 Å². The summed E-state index contributed by atoms with van der Waals surface area (Å²) in [5, 5.41) is 9.08. The van der Waals surface area contributed by atoms with Crippen LogP contribution < -0.4 is 16.0 Å². The fraction of sp³-hybridized carbons (Fsp3) is 0.300. The van der Waals surface area contributed by atoms with E-state index >= 15 is 0 Å². The van der Waals surface area contributed by atoms with E-state index in [1.54, 1.807) is 25.2 Å². The average molecular weight is 356 g/mol. The molecular weight excluding hydrogens is 331 g/mol. The number of rotatable bonds is 7. The Morgan fingerprint density at radius 2 is 1.85 bits per heavy atom. The molecule has 6 heteroatoms. The second kappa shape index (κ2) is 10.2. The Labute approximate surface area is 153 Å². The Morgan fingerprint density at radius 3 is 2.54 bits per heavy atom. The summed E-state index contributed by atoms with van der Waals surface area (Å²) in [4.78, 5) is 16.3. The maximum atomic E-state index is 12.9. The van der Waals surface area contributed by atoms with Gasteiger partial charge in [-0.25, -0.2) is 9.38 Å². The maximum Gasteiger partial charge on any atom is 0.251 e. The van der Waals surface area contributed by atoms with Crippen molar-refractivity contribution in [2.45, 2.75) is 19.9 Å². The number of aliphatic imine (C=N–C) groups is 1. The number of nitrogens with zero attached hydrogens (tertiary/aromatic N) is 1. The number of amides is 1. The fourth-order valence-corrected chi connectivity index (χ4v) is 2.44. The smallest absolute Gasteiger partial charge is 0.251 e. The Morgan fingerprint density at radius 1 is 1.08 bits per heavy atom. The minimum absolute atomic E-state index is 0.111. The number of guanidine groups is 1. The first-order chi connectivity index (χ1) is 12.6. The quantitative estimate of drug-likeness (QED) is 0.527. The number of nitrogens with one attached hydrogen (secondary N) is 3. The molecule has 0 aliphatic heterocycles. The maximum absolute atomic E-state index is 12.9. The Kier molecular flexibility index (Phi) is 7.61. The molecule has 0 aliphatic carbocycles. The molecule has 3 N–H and O–H groups in total. The van der Waals surface area contributed by atoms with Crippen molar-refractivity contribution in [2.75, 3.05) is 20.1 Å². The molecule has 0 unspecified atom stereocenters. The highest BCUT2D eigenvalue weighted by molar-refractivity contribution is 5.94. The first-order valence-electron chi connectivity index (χ1n) is 8.70. The Bertz CT molecular complexity index is 744. The van der Waals surface area contributed by atoms with Gasteiger partial charge < -0.3 is 16.0 Å². The van der Waals surface area contributed by atoms with Crippen molar-refractivity contribution in [2.24, 2.45) is 4.99 Å². The van der Waals surface area contributed by atoms with Crippen LogP contribution in [0.4, 0.5) is 4.39 Å². The van der Waals surface area contributed by atoms with Gasteiger partial charge in [-0.15, -0.1) is 0 Å². The van der Waals surface area contributed by atoms with Crippen molar-refractivity contribution >= 4 is 11.9 Å². The van der Waals surface area contributed by atoms with Crippen LogP contribution in [0.2, 0.25) is 0 Å². The standard InChI is InChI=1S/C20H25FN4O/c1-3-23-20(24-12-11-15-7-9-18(21)10-8-15)25-14-16-5-4-6-17(13-16)19(26)22-2/h4-10,13H,3,11-12,14H2,1-2H3,(H,22,26)(H2,23,24,25). The van der Waals surface area contributed by atoms with Crippen molar-refractivity contribution in [3.63, 3.8) is 0 Å². The molecule has 0 aromatic heterocycles. The molecule has 0 heterocycles. The van der Waals surface area contributed by atoms with Gasteiger partial charge in [0, 0.05) is 25.7 Å². The van der Waals surface area contributed by atoms with Gasteiger partial charge in [-0.2, -0.15) is 0 Å². The molecule has 0 aliphatic rings. The molecule has 2 aromatic carbocycles. The summed E-state index contributed by atoms with van der Waals surface area (Å²) in [6.45, 7) is 3.91. The van der Waals surface area contributed by atoms with Crippen LogP contribution in [-0.2, 0) is 13.0 Å². The first-order valence-corrected chi connectivity index (χ1v) is 8.70. The number of carbonyl (C=O) groups excluding carboxylic acids is 1. The van der Waals surface area contributed by atoms with E-state index in [-0.39, 0.29) is 11.7 Å². The highest BCUT2D eigenvalue weighted by Gasteiger charge is 2.04. The normalized spacial score (nSPS) is 11.1. The van der Waals surface area contributed by atoms with Gasteiger partial charge in [-0.3, -0.25) is 4.79 Å². The Hall–Kier alpha value is -2.89. The fourth-order valence-electron chi connectivity index (χ4n) is 2.44. The lowest BCUT2D eigenvalue weighted by molar-refractivity contribution is 0.0963. The highest BCUT2D eigenvalue weighted by atomic mass is 19.1. The van der Waals surface area contributed by atoms with Crippen molar-refractivity contribution < 1.29 is 9.18 Å². The molecule has 1 amide bonds. The minimum Gasteiger partial charge on any atom is -0.357 e. The topological polar surface area (TPSA) is 65.5 Å². The molecule has 0 atom stereocenters. The zero-order valence-electron chi connectivity index (χ0n) is 15.2.